The maximum absolute atomic E-state index is 11.8. The summed E-state index contributed by atoms with van der Waals surface area (Å²) < 4.78 is 0. The van der Waals surface area contributed by atoms with Crippen molar-refractivity contribution in [1.82, 2.24) is 16.0 Å². The van der Waals surface area contributed by atoms with Crippen molar-refractivity contribution >= 4 is 23.7 Å². The van der Waals surface area contributed by atoms with Crippen molar-refractivity contribution in [3.8, 4) is 0 Å². The molecule has 6 heteroatoms. The van der Waals surface area contributed by atoms with Crippen molar-refractivity contribution in [2.45, 2.75) is 55.9 Å². The summed E-state index contributed by atoms with van der Waals surface area (Å²) in [6, 6.07) is 10.4. The second-order valence-electron chi connectivity index (χ2n) is 6.35. The summed E-state index contributed by atoms with van der Waals surface area (Å²) in [5.74, 6) is 0.904. The highest BCUT2D eigenvalue weighted by molar-refractivity contribution is 7.99. The number of carbonyl (C=O) groups is 2. The summed E-state index contributed by atoms with van der Waals surface area (Å²) in [5, 5.41) is 8.77. The molecular weight excluding hydrogens is 334 g/mol. The van der Waals surface area contributed by atoms with Crippen molar-refractivity contribution < 1.29 is 9.59 Å². The monoisotopic (exact) mass is 363 g/mol. The van der Waals surface area contributed by atoms with E-state index in [0.29, 0.717) is 32.0 Å². The largest absolute Gasteiger partial charge is 0.355 e. The van der Waals surface area contributed by atoms with E-state index < -0.39 is 0 Å². The van der Waals surface area contributed by atoms with E-state index in [1.54, 1.807) is 11.8 Å². The fourth-order valence-corrected chi connectivity index (χ4v) is 3.69. The minimum absolute atomic E-state index is 0.0446. The van der Waals surface area contributed by atoms with E-state index in [-0.39, 0.29) is 11.9 Å². The first kappa shape index (κ1) is 19.6. The molecule has 1 aromatic rings. The Hall–Kier alpha value is -1.69. The molecule has 3 amide bonds. The van der Waals surface area contributed by atoms with Gasteiger partial charge in [-0.2, -0.15) is 0 Å². The van der Waals surface area contributed by atoms with Gasteiger partial charge in [0.05, 0.1) is 0 Å². The van der Waals surface area contributed by atoms with Gasteiger partial charge in [0.1, 0.15) is 0 Å². The van der Waals surface area contributed by atoms with Crippen LogP contribution in [-0.4, -0.2) is 36.8 Å². The van der Waals surface area contributed by atoms with Crippen LogP contribution < -0.4 is 16.0 Å². The van der Waals surface area contributed by atoms with Gasteiger partial charge >= 0.3 is 6.03 Å². The van der Waals surface area contributed by atoms with E-state index >= 15 is 0 Å². The molecule has 0 radical (unpaired) electrons. The summed E-state index contributed by atoms with van der Waals surface area (Å²) in [6.07, 6.45) is 6.95. The number of amides is 3. The first-order valence-corrected chi connectivity index (χ1v) is 10.2. The number of benzene rings is 1. The molecule has 1 aromatic carbocycles. The highest BCUT2D eigenvalue weighted by Crippen LogP contribution is 2.17. The molecule has 5 nitrogen and oxygen atoms in total. The molecule has 2 rings (SSSR count). The lowest BCUT2D eigenvalue weighted by molar-refractivity contribution is -0.121. The van der Waals surface area contributed by atoms with Gasteiger partial charge in [-0.3, -0.25) is 4.79 Å². The van der Waals surface area contributed by atoms with Crippen molar-refractivity contribution in [3.05, 3.63) is 30.3 Å². The van der Waals surface area contributed by atoms with Crippen LogP contribution in [-0.2, 0) is 4.79 Å². The Balaban J connectivity index is 1.44. The van der Waals surface area contributed by atoms with Crippen molar-refractivity contribution in [3.63, 3.8) is 0 Å². The van der Waals surface area contributed by atoms with E-state index in [4.69, 9.17) is 0 Å². The lowest BCUT2D eigenvalue weighted by Crippen LogP contribution is -2.43. The van der Waals surface area contributed by atoms with Crippen LogP contribution in [0, 0.1) is 0 Å². The molecule has 0 heterocycles. The van der Waals surface area contributed by atoms with E-state index in [0.717, 1.165) is 18.6 Å². The van der Waals surface area contributed by atoms with Gasteiger partial charge in [-0.1, -0.05) is 37.5 Å². The molecule has 0 saturated heterocycles. The fourth-order valence-electron chi connectivity index (χ4n) is 2.90. The number of urea groups is 1. The summed E-state index contributed by atoms with van der Waals surface area (Å²) in [4.78, 5) is 24.8. The third-order valence-electron chi connectivity index (χ3n) is 4.24. The zero-order valence-corrected chi connectivity index (χ0v) is 15.6. The number of carbonyl (C=O) groups excluding carboxylic acids is 2. The second kappa shape index (κ2) is 11.8. The SMILES string of the molecule is O=C(CCCNC(=O)NC1CCCCC1)NCCSc1ccccc1. The minimum atomic E-state index is -0.105. The molecule has 0 unspecified atom stereocenters. The maximum atomic E-state index is 11.8. The molecule has 1 aliphatic rings. The fraction of sp³-hybridized carbons (Fsp3) is 0.579. The predicted molar refractivity (Wildman–Crippen MR) is 103 cm³/mol. The Kier molecular flexibility index (Phi) is 9.26. The quantitative estimate of drug-likeness (QED) is 0.466. The van der Waals surface area contributed by atoms with Crippen molar-refractivity contribution in [2.75, 3.05) is 18.8 Å². The average Bonchev–Trinajstić information content (AvgIpc) is 2.64. The van der Waals surface area contributed by atoms with Gasteiger partial charge < -0.3 is 16.0 Å². The number of nitrogens with one attached hydrogen (secondary N) is 3. The molecule has 1 fully saturated rings. The number of hydrogen-bond donors (Lipinski definition) is 3. The summed E-state index contributed by atoms with van der Waals surface area (Å²) in [6.45, 7) is 1.19. The van der Waals surface area contributed by atoms with Crippen LogP contribution in [0.1, 0.15) is 44.9 Å². The number of hydrogen-bond acceptors (Lipinski definition) is 3. The van der Waals surface area contributed by atoms with Gasteiger partial charge in [0, 0.05) is 36.2 Å². The smallest absolute Gasteiger partial charge is 0.315 e. The van der Waals surface area contributed by atoms with Gasteiger partial charge in [0.25, 0.3) is 0 Å². The first-order chi connectivity index (χ1) is 12.2. The molecule has 0 aliphatic heterocycles. The lowest BCUT2D eigenvalue weighted by atomic mass is 9.96. The highest BCUT2D eigenvalue weighted by atomic mass is 32.2. The van der Waals surface area contributed by atoms with Crippen LogP contribution in [0.4, 0.5) is 4.79 Å². The molecule has 1 aliphatic carbocycles. The van der Waals surface area contributed by atoms with Crippen LogP contribution in [0.15, 0.2) is 35.2 Å². The zero-order chi connectivity index (χ0) is 17.7. The Labute approximate surface area is 154 Å². The second-order valence-corrected chi connectivity index (χ2v) is 7.52. The van der Waals surface area contributed by atoms with Crippen LogP contribution in [0.3, 0.4) is 0 Å². The molecule has 1 saturated carbocycles. The zero-order valence-electron chi connectivity index (χ0n) is 14.8. The van der Waals surface area contributed by atoms with Crippen LogP contribution >= 0.6 is 11.8 Å². The van der Waals surface area contributed by atoms with Crippen LogP contribution in [0.2, 0.25) is 0 Å². The molecular formula is C19H29N3O2S. The standard InChI is InChI=1S/C19H29N3O2S/c23-18(20-14-15-25-17-10-5-2-6-11-17)12-7-13-21-19(24)22-16-8-3-1-4-9-16/h2,5-6,10-11,16H,1,3-4,7-9,12-15H2,(H,20,23)(H2,21,22,24). The Morgan fingerprint density at radius 3 is 2.52 bits per heavy atom. The molecule has 25 heavy (non-hydrogen) atoms. The Morgan fingerprint density at radius 1 is 1.00 bits per heavy atom. The summed E-state index contributed by atoms with van der Waals surface area (Å²) >= 11 is 1.73. The van der Waals surface area contributed by atoms with Crippen molar-refractivity contribution in [2.24, 2.45) is 0 Å². The molecule has 138 valence electrons. The number of rotatable bonds is 9. The Bertz CT molecular complexity index is 519. The van der Waals surface area contributed by atoms with E-state index in [1.807, 2.05) is 18.2 Å². The highest BCUT2D eigenvalue weighted by Gasteiger charge is 2.15. The molecule has 0 aromatic heterocycles. The van der Waals surface area contributed by atoms with Gasteiger partial charge in [0.15, 0.2) is 0 Å². The Morgan fingerprint density at radius 2 is 1.76 bits per heavy atom. The first-order valence-electron chi connectivity index (χ1n) is 9.23. The van der Waals surface area contributed by atoms with E-state index in [1.165, 1.54) is 24.2 Å². The van der Waals surface area contributed by atoms with E-state index in [2.05, 4.69) is 28.1 Å². The maximum Gasteiger partial charge on any atom is 0.315 e. The summed E-state index contributed by atoms with van der Waals surface area (Å²) in [5.41, 5.74) is 0. The topological polar surface area (TPSA) is 70.2 Å². The van der Waals surface area contributed by atoms with Gasteiger partial charge in [0.2, 0.25) is 5.91 Å². The summed E-state index contributed by atoms with van der Waals surface area (Å²) in [7, 11) is 0. The molecule has 0 spiro atoms. The average molecular weight is 364 g/mol. The minimum Gasteiger partial charge on any atom is -0.355 e. The third-order valence-corrected chi connectivity index (χ3v) is 5.26. The van der Waals surface area contributed by atoms with Crippen molar-refractivity contribution in [1.29, 1.82) is 0 Å². The molecule has 0 bridgehead atoms. The van der Waals surface area contributed by atoms with Gasteiger partial charge in [-0.25, -0.2) is 4.79 Å². The van der Waals surface area contributed by atoms with E-state index in [9.17, 15) is 9.59 Å². The molecule has 0 atom stereocenters. The number of thioether (sulfide) groups is 1. The van der Waals surface area contributed by atoms with Gasteiger partial charge in [-0.15, -0.1) is 11.8 Å². The lowest BCUT2D eigenvalue weighted by Gasteiger charge is -2.22. The van der Waals surface area contributed by atoms with Crippen LogP contribution in [0.25, 0.3) is 0 Å². The predicted octanol–water partition coefficient (Wildman–Crippen LogP) is 3.31. The van der Waals surface area contributed by atoms with Gasteiger partial charge in [-0.05, 0) is 31.4 Å². The third kappa shape index (κ3) is 8.82. The van der Waals surface area contributed by atoms with Crippen LogP contribution in [0.5, 0.6) is 0 Å². The normalized spacial score (nSPS) is 14.7. The molecule has 3 N–H and O–H groups in total.